The van der Waals surface area contributed by atoms with Crippen LogP contribution < -0.4 is 15.6 Å². The number of aliphatic hydroxyl groups excluding tert-OH is 2. The van der Waals surface area contributed by atoms with Gasteiger partial charge in [0.15, 0.2) is 5.65 Å². The van der Waals surface area contributed by atoms with E-state index in [0.29, 0.717) is 22.4 Å². The first-order valence-corrected chi connectivity index (χ1v) is 9.97. The van der Waals surface area contributed by atoms with Crippen LogP contribution in [-0.2, 0) is 0 Å². The zero-order valence-corrected chi connectivity index (χ0v) is 17.5. The Morgan fingerprint density at radius 2 is 1.67 bits per heavy atom. The van der Waals surface area contributed by atoms with Gasteiger partial charge >= 0.3 is 0 Å². The molecule has 0 atom stereocenters. The summed E-state index contributed by atoms with van der Waals surface area (Å²) >= 11 is 0. The highest BCUT2D eigenvalue weighted by molar-refractivity contribution is 5.92. The SMILES string of the molecule is COc1ccc(-c2nc(NC(CO)CO)nc3c2ccc(=O)n3-c2c(F)cccc2F)cc1. The fraction of sp³-hybridized carbons (Fsp3) is 0.174. The molecule has 0 fully saturated rings. The first-order chi connectivity index (χ1) is 16.0. The molecule has 8 nitrogen and oxygen atoms in total. The van der Waals surface area contributed by atoms with E-state index < -0.39 is 42.1 Å². The second-order valence-corrected chi connectivity index (χ2v) is 7.15. The van der Waals surface area contributed by atoms with Gasteiger partial charge < -0.3 is 20.3 Å². The number of benzene rings is 2. The number of methoxy groups -OCH3 is 1. The van der Waals surface area contributed by atoms with Crippen LogP contribution in [0.1, 0.15) is 0 Å². The van der Waals surface area contributed by atoms with Crippen molar-refractivity contribution in [2.45, 2.75) is 6.04 Å². The topological polar surface area (TPSA) is 110 Å². The number of hydrogen-bond donors (Lipinski definition) is 3. The summed E-state index contributed by atoms with van der Waals surface area (Å²) in [7, 11) is 1.53. The summed E-state index contributed by atoms with van der Waals surface area (Å²) in [5, 5.41) is 22.0. The quantitative estimate of drug-likeness (QED) is 0.394. The second-order valence-electron chi connectivity index (χ2n) is 7.15. The summed E-state index contributed by atoms with van der Waals surface area (Å²) in [5.41, 5.74) is -0.332. The lowest BCUT2D eigenvalue weighted by Gasteiger charge is -2.17. The lowest BCUT2D eigenvalue weighted by Crippen LogP contribution is -2.29. The fourth-order valence-electron chi connectivity index (χ4n) is 3.40. The Bertz CT molecular complexity index is 1340. The van der Waals surface area contributed by atoms with Crippen LogP contribution in [0.5, 0.6) is 5.75 Å². The lowest BCUT2D eigenvalue weighted by atomic mass is 10.1. The van der Waals surface area contributed by atoms with E-state index in [1.165, 1.54) is 25.3 Å². The average molecular weight is 454 g/mol. The Morgan fingerprint density at radius 3 is 2.27 bits per heavy atom. The number of nitrogens with zero attached hydrogens (tertiary/aromatic N) is 3. The van der Waals surface area contributed by atoms with Crippen LogP contribution in [0.25, 0.3) is 28.0 Å². The molecule has 0 unspecified atom stereocenters. The van der Waals surface area contributed by atoms with Crippen molar-refractivity contribution in [3.63, 3.8) is 0 Å². The van der Waals surface area contributed by atoms with E-state index in [1.54, 1.807) is 24.3 Å². The molecular weight excluding hydrogens is 434 g/mol. The number of anilines is 1. The number of halogens is 2. The minimum Gasteiger partial charge on any atom is -0.497 e. The predicted octanol–water partition coefficient (Wildman–Crippen LogP) is 2.50. The van der Waals surface area contributed by atoms with Gasteiger partial charge in [0.25, 0.3) is 5.56 Å². The van der Waals surface area contributed by atoms with Crippen molar-refractivity contribution in [2.75, 3.05) is 25.6 Å². The van der Waals surface area contributed by atoms with Gasteiger partial charge in [-0.05, 0) is 42.5 Å². The molecule has 0 bridgehead atoms. The molecule has 2 heterocycles. The summed E-state index contributed by atoms with van der Waals surface area (Å²) in [6, 6.07) is 12.1. The summed E-state index contributed by atoms with van der Waals surface area (Å²) < 4.78 is 35.3. The van der Waals surface area contributed by atoms with Gasteiger partial charge in [0.1, 0.15) is 23.1 Å². The van der Waals surface area contributed by atoms with Gasteiger partial charge in [0, 0.05) is 17.0 Å². The van der Waals surface area contributed by atoms with Gasteiger partial charge in [-0.25, -0.2) is 13.8 Å². The molecule has 170 valence electrons. The second kappa shape index (κ2) is 9.31. The predicted molar refractivity (Wildman–Crippen MR) is 119 cm³/mol. The van der Waals surface area contributed by atoms with E-state index >= 15 is 0 Å². The van der Waals surface area contributed by atoms with Crippen LogP contribution in [0.15, 0.2) is 59.4 Å². The Morgan fingerprint density at radius 1 is 1.00 bits per heavy atom. The normalized spacial score (nSPS) is 11.2. The van der Waals surface area contributed by atoms with Crippen molar-refractivity contribution in [3.8, 4) is 22.7 Å². The third-order valence-electron chi connectivity index (χ3n) is 5.05. The summed E-state index contributed by atoms with van der Waals surface area (Å²) in [5.74, 6) is -1.31. The first-order valence-electron chi connectivity index (χ1n) is 9.97. The third-order valence-corrected chi connectivity index (χ3v) is 5.05. The highest BCUT2D eigenvalue weighted by atomic mass is 19.1. The minimum atomic E-state index is -0.938. The maximum Gasteiger partial charge on any atom is 0.256 e. The number of para-hydroxylation sites is 1. The Hall–Kier alpha value is -3.89. The van der Waals surface area contributed by atoms with E-state index in [2.05, 4.69) is 15.3 Å². The van der Waals surface area contributed by atoms with Crippen molar-refractivity contribution < 1.29 is 23.7 Å². The van der Waals surface area contributed by atoms with E-state index in [4.69, 9.17) is 4.74 Å². The maximum atomic E-state index is 14.6. The van der Waals surface area contributed by atoms with E-state index in [-0.39, 0.29) is 11.6 Å². The van der Waals surface area contributed by atoms with Crippen molar-refractivity contribution >= 4 is 17.0 Å². The number of pyridine rings is 1. The molecule has 0 radical (unpaired) electrons. The molecular formula is C23H20F2N4O4. The van der Waals surface area contributed by atoms with Gasteiger partial charge in [0.05, 0.1) is 32.1 Å². The molecule has 33 heavy (non-hydrogen) atoms. The molecule has 0 aliphatic rings. The molecule has 0 saturated heterocycles. The number of fused-ring (bicyclic) bond motifs is 1. The van der Waals surface area contributed by atoms with Crippen LogP contribution in [-0.4, -0.2) is 51.1 Å². The number of ether oxygens (including phenoxy) is 1. The summed E-state index contributed by atoms with van der Waals surface area (Å²) in [4.78, 5) is 21.6. The Kier molecular flexibility index (Phi) is 6.29. The zero-order chi connectivity index (χ0) is 23.5. The molecule has 0 spiro atoms. The van der Waals surface area contributed by atoms with Crippen LogP contribution >= 0.6 is 0 Å². The molecule has 10 heteroatoms. The molecule has 2 aromatic carbocycles. The van der Waals surface area contributed by atoms with Crippen molar-refractivity contribution in [1.82, 2.24) is 14.5 Å². The maximum absolute atomic E-state index is 14.6. The van der Waals surface area contributed by atoms with Gasteiger partial charge in [-0.15, -0.1) is 0 Å². The highest BCUT2D eigenvalue weighted by Crippen LogP contribution is 2.30. The molecule has 4 aromatic rings. The van der Waals surface area contributed by atoms with Crippen molar-refractivity contribution in [1.29, 1.82) is 0 Å². The van der Waals surface area contributed by atoms with Crippen molar-refractivity contribution in [2.24, 2.45) is 0 Å². The zero-order valence-electron chi connectivity index (χ0n) is 17.5. The van der Waals surface area contributed by atoms with Gasteiger partial charge in [-0.2, -0.15) is 4.98 Å². The average Bonchev–Trinajstić information content (AvgIpc) is 2.83. The molecule has 0 aliphatic heterocycles. The van der Waals surface area contributed by atoms with Gasteiger partial charge in [0.2, 0.25) is 5.95 Å². The van der Waals surface area contributed by atoms with E-state index in [0.717, 1.165) is 16.7 Å². The largest absolute Gasteiger partial charge is 0.497 e. The molecule has 0 amide bonds. The smallest absolute Gasteiger partial charge is 0.256 e. The summed E-state index contributed by atoms with van der Waals surface area (Å²) in [6.45, 7) is -0.835. The Labute approximate surface area is 186 Å². The molecule has 0 aliphatic carbocycles. The first kappa shape index (κ1) is 22.3. The number of aromatic nitrogens is 3. The number of aliphatic hydroxyl groups is 2. The van der Waals surface area contributed by atoms with Gasteiger partial charge in [-0.3, -0.25) is 9.36 Å². The monoisotopic (exact) mass is 454 g/mol. The van der Waals surface area contributed by atoms with Crippen LogP contribution in [0.2, 0.25) is 0 Å². The standard InChI is InChI=1S/C23H20F2N4O4/c1-33-15-7-5-13(6-8-15)20-16-9-10-19(32)29(21-17(24)3-2-4-18(21)25)22(16)28-23(27-20)26-14(11-30)12-31/h2-10,14,30-31H,11-12H2,1H3,(H,26,27,28). The summed E-state index contributed by atoms with van der Waals surface area (Å²) in [6.07, 6.45) is 0. The van der Waals surface area contributed by atoms with Crippen molar-refractivity contribution in [3.05, 3.63) is 76.6 Å². The van der Waals surface area contributed by atoms with E-state index in [1.807, 2.05) is 0 Å². The number of nitrogens with one attached hydrogen (secondary N) is 1. The van der Waals surface area contributed by atoms with E-state index in [9.17, 15) is 23.8 Å². The Balaban J connectivity index is 2.05. The lowest BCUT2D eigenvalue weighted by molar-refractivity contribution is 0.203. The minimum absolute atomic E-state index is 0.0440. The third kappa shape index (κ3) is 4.26. The van der Waals surface area contributed by atoms with Crippen LogP contribution in [0, 0.1) is 11.6 Å². The van der Waals surface area contributed by atoms with Gasteiger partial charge in [-0.1, -0.05) is 6.07 Å². The molecule has 3 N–H and O–H groups in total. The number of rotatable bonds is 7. The number of hydrogen-bond acceptors (Lipinski definition) is 7. The molecule has 4 rings (SSSR count). The fourth-order valence-corrected chi connectivity index (χ4v) is 3.40. The molecule has 0 saturated carbocycles. The van der Waals surface area contributed by atoms with Crippen LogP contribution in [0.4, 0.5) is 14.7 Å². The highest BCUT2D eigenvalue weighted by Gasteiger charge is 2.20. The van der Waals surface area contributed by atoms with Crippen LogP contribution in [0.3, 0.4) is 0 Å². The molecule has 2 aromatic heterocycles.